The first-order valence-corrected chi connectivity index (χ1v) is 8.32. The molecule has 2 aromatic heterocycles. The van der Waals surface area contributed by atoms with Gasteiger partial charge >= 0.3 is 0 Å². The van der Waals surface area contributed by atoms with Crippen LogP contribution in [-0.2, 0) is 6.42 Å². The summed E-state index contributed by atoms with van der Waals surface area (Å²) in [7, 11) is 2.05. The predicted octanol–water partition coefficient (Wildman–Crippen LogP) is 4.05. The fourth-order valence-electron chi connectivity index (χ4n) is 3.21. The van der Waals surface area contributed by atoms with Crippen LogP contribution >= 0.6 is 11.3 Å². The minimum atomic E-state index is 0.307. The smallest absolute Gasteiger partial charge is 0.142 e. The highest BCUT2D eigenvalue weighted by Crippen LogP contribution is 2.44. The number of aromatic nitrogens is 2. The first-order chi connectivity index (χ1) is 9.89. The van der Waals surface area contributed by atoms with Crippen LogP contribution < -0.4 is 5.32 Å². The molecule has 21 heavy (non-hydrogen) atoms. The molecule has 112 valence electrons. The molecule has 3 rings (SSSR count). The van der Waals surface area contributed by atoms with Gasteiger partial charge in [-0.05, 0) is 50.3 Å². The Morgan fingerprint density at radius 3 is 2.76 bits per heavy atom. The van der Waals surface area contributed by atoms with Gasteiger partial charge in [-0.3, -0.25) is 4.98 Å². The van der Waals surface area contributed by atoms with Crippen molar-refractivity contribution < 1.29 is 0 Å². The zero-order valence-electron chi connectivity index (χ0n) is 13.4. The third-order valence-corrected chi connectivity index (χ3v) is 5.43. The quantitative estimate of drug-likeness (QED) is 0.909. The molecule has 1 N–H and O–H groups in total. The summed E-state index contributed by atoms with van der Waals surface area (Å²) in [4.78, 5) is 10.9. The maximum atomic E-state index is 4.92. The summed E-state index contributed by atoms with van der Waals surface area (Å²) in [6, 6.07) is 2.60. The SMILES string of the molecule is CNC1CC(C)(C)Cc2nc(-c3ncc(C)cc3C)sc21. The molecule has 0 bridgehead atoms. The molecule has 0 aliphatic heterocycles. The molecular weight excluding hydrogens is 278 g/mol. The highest BCUT2D eigenvalue weighted by molar-refractivity contribution is 7.15. The third kappa shape index (κ3) is 2.74. The minimum Gasteiger partial charge on any atom is -0.312 e. The van der Waals surface area contributed by atoms with Gasteiger partial charge in [0.05, 0.1) is 5.69 Å². The molecule has 0 amide bonds. The van der Waals surface area contributed by atoms with Crippen LogP contribution in [0.2, 0.25) is 0 Å². The van der Waals surface area contributed by atoms with Gasteiger partial charge in [-0.1, -0.05) is 19.9 Å². The molecule has 1 unspecified atom stereocenters. The standard InChI is InChI=1S/C17H23N3S/c1-10-6-11(2)14(19-9-10)16-20-13-8-17(3,4)7-12(18-5)15(13)21-16/h6,9,12,18H,7-8H2,1-5H3. The summed E-state index contributed by atoms with van der Waals surface area (Å²) in [5.74, 6) is 0. The Labute approximate surface area is 130 Å². The summed E-state index contributed by atoms with van der Waals surface area (Å²) in [6.07, 6.45) is 4.16. The lowest BCUT2D eigenvalue weighted by molar-refractivity contribution is 0.265. The van der Waals surface area contributed by atoms with E-state index in [1.165, 1.54) is 28.1 Å². The van der Waals surface area contributed by atoms with Gasteiger partial charge < -0.3 is 5.32 Å². The fourth-order valence-corrected chi connectivity index (χ4v) is 4.46. The number of thiazole rings is 1. The lowest BCUT2D eigenvalue weighted by Gasteiger charge is -2.34. The highest BCUT2D eigenvalue weighted by atomic mass is 32.1. The van der Waals surface area contributed by atoms with Crippen LogP contribution in [0.3, 0.4) is 0 Å². The Hall–Kier alpha value is -1.26. The topological polar surface area (TPSA) is 37.8 Å². The van der Waals surface area contributed by atoms with Crippen LogP contribution in [0.4, 0.5) is 0 Å². The first-order valence-electron chi connectivity index (χ1n) is 7.50. The Morgan fingerprint density at radius 1 is 1.33 bits per heavy atom. The van der Waals surface area contributed by atoms with Gasteiger partial charge in [0.2, 0.25) is 0 Å². The van der Waals surface area contributed by atoms with E-state index in [1.807, 2.05) is 13.2 Å². The number of hydrogen-bond acceptors (Lipinski definition) is 4. The number of pyridine rings is 1. The van der Waals surface area contributed by atoms with E-state index in [4.69, 9.17) is 4.98 Å². The Bertz CT molecular complexity index is 673. The Morgan fingerprint density at radius 2 is 2.10 bits per heavy atom. The molecular formula is C17H23N3S. The van der Waals surface area contributed by atoms with Crippen LogP contribution in [0.5, 0.6) is 0 Å². The molecule has 0 radical (unpaired) electrons. The summed E-state index contributed by atoms with van der Waals surface area (Å²) >= 11 is 1.81. The summed E-state index contributed by atoms with van der Waals surface area (Å²) < 4.78 is 0. The average Bonchev–Trinajstić information content (AvgIpc) is 2.79. The van der Waals surface area contributed by atoms with Crippen molar-refractivity contribution in [2.75, 3.05) is 7.05 Å². The van der Waals surface area contributed by atoms with Gasteiger partial charge in [-0.15, -0.1) is 11.3 Å². The summed E-state index contributed by atoms with van der Waals surface area (Å²) in [5.41, 5.74) is 5.01. The van der Waals surface area contributed by atoms with Crippen molar-refractivity contribution in [1.29, 1.82) is 0 Å². The molecule has 0 saturated heterocycles. The molecule has 1 atom stereocenters. The van der Waals surface area contributed by atoms with Crippen LogP contribution in [0.15, 0.2) is 12.3 Å². The second kappa shape index (κ2) is 5.18. The molecule has 4 heteroatoms. The van der Waals surface area contributed by atoms with Gasteiger partial charge in [0.15, 0.2) is 0 Å². The number of aryl methyl sites for hydroxylation is 2. The van der Waals surface area contributed by atoms with Crippen LogP contribution in [0, 0.1) is 19.3 Å². The largest absolute Gasteiger partial charge is 0.312 e. The molecule has 0 aromatic carbocycles. The van der Waals surface area contributed by atoms with E-state index in [9.17, 15) is 0 Å². The molecule has 3 nitrogen and oxygen atoms in total. The second-order valence-corrected chi connectivity index (χ2v) is 7.93. The van der Waals surface area contributed by atoms with Gasteiger partial charge in [0.25, 0.3) is 0 Å². The normalized spacial score (nSPS) is 20.3. The van der Waals surface area contributed by atoms with E-state index in [2.05, 4.69) is 44.1 Å². The van der Waals surface area contributed by atoms with Crippen molar-refractivity contribution in [3.63, 3.8) is 0 Å². The van der Waals surface area contributed by atoms with Gasteiger partial charge in [-0.2, -0.15) is 0 Å². The van der Waals surface area contributed by atoms with Gasteiger partial charge in [-0.25, -0.2) is 4.98 Å². The number of nitrogens with one attached hydrogen (secondary N) is 1. The molecule has 0 spiro atoms. The number of nitrogens with zero attached hydrogens (tertiary/aromatic N) is 2. The zero-order valence-corrected chi connectivity index (χ0v) is 14.3. The monoisotopic (exact) mass is 301 g/mol. The van der Waals surface area contributed by atoms with Crippen molar-refractivity contribution in [3.05, 3.63) is 34.0 Å². The van der Waals surface area contributed by atoms with E-state index in [-0.39, 0.29) is 0 Å². The molecule has 0 saturated carbocycles. The molecule has 2 heterocycles. The lowest BCUT2D eigenvalue weighted by Crippen LogP contribution is -2.30. The second-order valence-electron chi connectivity index (χ2n) is 6.89. The summed E-state index contributed by atoms with van der Waals surface area (Å²) in [6.45, 7) is 8.86. The minimum absolute atomic E-state index is 0.307. The summed E-state index contributed by atoms with van der Waals surface area (Å²) in [5, 5.41) is 4.52. The van der Waals surface area contributed by atoms with Crippen molar-refractivity contribution in [3.8, 4) is 10.7 Å². The van der Waals surface area contributed by atoms with E-state index < -0.39 is 0 Å². The van der Waals surface area contributed by atoms with Crippen molar-refractivity contribution in [1.82, 2.24) is 15.3 Å². The van der Waals surface area contributed by atoms with Gasteiger partial charge in [0.1, 0.15) is 10.7 Å². The third-order valence-electron chi connectivity index (χ3n) is 4.21. The number of fused-ring (bicyclic) bond motifs is 1. The molecule has 0 fully saturated rings. The van der Waals surface area contributed by atoms with E-state index in [0.29, 0.717) is 11.5 Å². The van der Waals surface area contributed by atoms with Gasteiger partial charge in [0, 0.05) is 17.1 Å². The number of hydrogen-bond donors (Lipinski definition) is 1. The molecule has 1 aliphatic carbocycles. The van der Waals surface area contributed by atoms with Crippen LogP contribution in [-0.4, -0.2) is 17.0 Å². The number of rotatable bonds is 2. The van der Waals surface area contributed by atoms with Crippen molar-refractivity contribution >= 4 is 11.3 Å². The maximum Gasteiger partial charge on any atom is 0.142 e. The maximum absolute atomic E-state index is 4.92. The van der Waals surface area contributed by atoms with E-state index in [0.717, 1.165) is 17.1 Å². The highest BCUT2D eigenvalue weighted by Gasteiger charge is 2.34. The van der Waals surface area contributed by atoms with E-state index >= 15 is 0 Å². The predicted molar refractivity (Wildman–Crippen MR) is 88.7 cm³/mol. The Kier molecular flexibility index (Phi) is 3.62. The van der Waals surface area contributed by atoms with Crippen molar-refractivity contribution in [2.24, 2.45) is 5.41 Å². The first kappa shape index (κ1) is 14.7. The average molecular weight is 301 g/mol. The lowest BCUT2D eigenvalue weighted by atomic mass is 9.76. The van der Waals surface area contributed by atoms with Crippen molar-refractivity contribution in [2.45, 2.75) is 46.6 Å². The fraction of sp³-hybridized carbons (Fsp3) is 0.529. The zero-order chi connectivity index (χ0) is 15.2. The van der Waals surface area contributed by atoms with E-state index in [1.54, 1.807) is 11.3 Å². The van der Waals surface area contributed by atoms with Crippen LogP contribution in [0.25, 0.3) is 10.7 Å². The Balaban J connectivity index is 2.06. The molecule has 1 aliphatic rings. The molecule has 2 aromatic rings. The van der Waals surface area contributed by atoms with Crippen LogP contribution in [0.1, 0.15) is 48.0 Å².